The van der Waals surface area contributed by atoms with Crippen LogP contribution in [0.4, 0.5) is 10.1 Å². The molecule has 21 heavy (non-hydrogen) atoms. The lowest BCUT2D eigenvalue weighted by atomic mass is 10.1. The predicted molar refractivity (Wildman–Crippen MR) is 70.4 cm³/mol. The third-order valence-corrected chi connectivity index (χ3v) is 3.36. The molecule has 1 aromatic carbocycles. The van der Waals surface area contributed by atoms with Crippen LogP contribution in [-0.4, -0.2) is 52.7 Å². The number of non-ortho nitro benzene ring substituents is 1. The second kappa shape index (κ2) is 6.15. The number of benzene rings is 1. The molecule has 2 atom stereocenters. The van der Waals surface area contributed by atoms with Crippen LogP contribution in [0, 0.1) is 15.9 Å². The smallest absolute Gasteiger partial charge is 0.270 e. The number of halogens is 1. The summed E-state index contributed by atoms with van der Waals surface area (Å²) < 4.78 is 19.1. The number of aliphatic hydroxyl groups is 1. The minimum atomic E-state index is -0.815. The van der Waals surface area contributed by atoms with Crippen LogP contribution >= 0.6 is 0 Å². The number of hydrogen-bond donors (Lipinski definition) is 1. The molecule has 8 heteroatoms. The van der Waals surface area contributed by atoms with Crippen LogP contribution in [0.3, 0.4) is 0 Å². The number of aliphatic hydroxyl groups excluding tert-OH is 1. The normalized spacial score (nSPS) is 22.1. The first kappa shape index (κ1) is 15.3. The highest BCUT2D eigenvalue weighted by atomic mass is 19.1. The zero-order valence-corrected chi connectivity index (χ0v) is 11.4. The molecule has 1 fully saturated rings. The first-order valence-corrected chi connectivity index (χ1v) is 6.41. The van der Waals surface area contributed by atoms with Gasteiger partial charge in [-0.3, -0.25) is 14.9 Å². The number of nitrogens with zero attached hydrogens (tertiary/aromatic N) is 2. The number of hydrogen-bond acceptors (Lipinski definition) is 5. The fourth-order valence-electron chi connectivity index (χ4n) is 2.16. The number of carbonyl (C=O) groups excluding carboxylic acids is 1. The van der Waals surface area contributed by atoms with E-state index in [0.717, 1.165) is 18.2 Å². The molecule has 0 aliphatic carbocycles. The Kier molecular flexibility index (Phi) is 4.49. The van der Waals surface area contributed by atoms with Gasteiger partial charge in [0.2, 0.25) is 0 Å². The van der Waals surface area contributed by atoms with Crippen LogP contribution < -0.4 is 0 Å². The third kappa shape index (κ3) is 3.17. The summed E-state index contributed by atoms with van der Waals surface area (Å²) in [6, 6.07) is 2.53. The van der Waals surface area contributed by atoms with Crippen LogP contribution in [0.2, 0.25) is 0 Å². The molecule has 1 aliphatic rings. The minimum Gasteiger partial charge on any atom is -0.394 e. The lowest BCUT2D eigenvalue weighted by Crippen LogP contribution is -2.52. The molecule has 1 aromatic rings. The monoisotopic (exact) mass is 298 g/mol. The summed E-state index contributed by atoms with van der Waals surface area (Å²) in [6.07, 6.45) is -0.535. The topological polar surface area (TPSA) is 92.9 Å². The quantitative estimate of drug-likeness (QED) is 0.662. The molecular weight excluding hydrogens is 283 g/mol. The number of amides is 1. The molecule has 1 saturated heterocycles. The van der Waals surface area contributed by atoms with Crippen molar-refractivity contribution in [3.05, 3.63) is 39.7 Å². The summed E-state index contributed by atoms with van der Waals surface area (Å²) in [7, 11) is 0. The van der Waals surface area contributed by atoms with Crippen LogP contribution in [0.25, 0.3) is 0 Å². The molecule has 0 aromatic heterocycles. The third-order valence-electron chi connectivity index (χ3n) is 3.36. The van der Waals surface area contributed by atoms with Crippen molar-refractivity contribution in [1.82, 2.24) is 4.90 Å². The van der Waals surface area contributed by atoms with E-state index >= 15 is 0 Å². The van der Waals surface area contributed by atoms with E-state index in [0.29, 0.717) is 0 Å². The van der Waals surface area contributed by atoms with E-state index in [1.54, 1.807) is 6.92 Å². The van der Waals surface area contributed by atoms with Crippen molar-refractivity contribution >= 4 is 11.6 Å². The Morgan fingerprint density at radius 2 is 2.33 bits per heavy atom. The summed E-state index contributed by atoms with van der Waals surface area (Å²) in [5.41, 5.74) is -0.700. The molecule has 0 bridgehead atoms. The highest BCUT2D eigenvalue weighted by Gasteiger charge is 2.31. The van der Waals surface area contributed by atoms with Crippen molar-refractivity contribution in [3.63, 3.8) is 0 Å². The van der Waals surface area contributed by atoms with Crippen molar-refractivity contribution in [2.45, 2.75) is 19.1 Å². The highest BCUT2D eigenvalue weighted by molar-refractivity contribution is 5.95. The van der Waals surface area contributed by atoms with Gasteiger partial charge in [-0.15, -0.1) is 0 Å². The fraction of sp³-hybridized carbons (Fsp3) is 0.462. The molecule has 2 rings (SSSR count). The van der Waals surface area contributed by atoms with Gasteiger partial charge in [-0.05, 0) is 13.0 Å². The van der Waals surface area contributed by atoms with Gasteiger partial charge >= 0.3 is 0 Å². The molecule has 0 spiro atoms. The lowest BCUT2D eigenvalue weighted by Gasteiger charge is -2.37. The van der Waals surface area contributed by atoms with Crippen molar-refractivity contribution in [3.8, 4) is 0 Å². The number of ether oxygens (including phenoxy) is 1. The zero-order chi connectivity index (χ0) is 15.6. The standard InChI is InChI=1S/C13H15FN2O5/c1-8-7-21-10(6-17)5-15(8)13(18)11-4-9(16(19)20)2-3-12(11)14/h2-4,8,10,17H,5-7H2,1H3. The Hall–Kier alpha value is -2.06. The van der Waals surface area contributed by atoms with E-state index in [9.17, 15) is 19.3 Å². The number of nitro groups is 1. The molecular formula is C13H15FN2O5. The van der Waals surface area contributed by atoms with Crippen LogP contribution in [0.5, 0.6) is 0 Å². The second-order valence-corrected chi connectivity index (χ2v) is 4.87. The predicted octanol–water partition coefficient (Wildman–Crippen LogP) is 0.956. The van der Waals surface area contributed by atoms with Crippen LogP contribution in [0.1, 0.15) is 17.3 Å². The molecule has 1 amide bonds. The number of nitro benzene ring substituents is 1. The van der Waals surface area contributed by atoms with Gasteiger partial charge in [0.1, 0.15) is 5.82 Å². The van der Waals surface area contributed by atoms with E-state index in [4.69, 9.17) is 9.84 Å². The SMILES string of the molecule is CC1COC(CO)CN1C(=O)c1cc([N+](=O)[O-])ccc1F. The second-order valence-electron chi connectivity index (χ2n) is 4.87. The van der Waals surface area contributed by atoms with Gasteiger partial charge < -0.3 is 14.7 Å². The van der Waals surface area contributed by atoms with Gasteiger partial charge in [0.25, 0.3) is 11.6 Å². The average Bonchev–Trinajstić information content (AvgIpc) is 2.47. The molecule has 114 valence electrons. The summed E-state index contributed by atoms with van der Waals surface area (Å²) in [5, 5.41) is 19.8. The van der Waals surface area contributed by atoms with Gasteiger partial charge in [-0.2, -0.15) is 0 Å². The summed E-state index contributed by atoms with van der Waals surface area (Å²) >= 11 is 0. The lowest BCUT2D eigenvalue weighted by molar-refractivity contribution is -0.384. The summed E-state index contributed by atoms with van der Waals surface area (Å²) in [4.78, 5) is 23.8. The molecule has 0 radical (unpaired) electrons. The molecule has 1 aliphatic heterocycles. The maximum absolute atomic E-state index is 13.8. The minimum absolute atomic E-state index is 0.110. The van der Waals surface area contributed by atoms with Gasteiger partial charge in [0, 0.05) is 18.7 Å². The van der Waals surface area contributed by atoms with E-state index in [2.05, 4.69) is 0 Å². The highest BCUT2D eigenvalue weighted by Crippen LogP contribution is 2.21. The van der Waals surface area contributed by atoms with Crippen LogP contribution in [-0.2, 0) is 4.74 Å². The van der Waals surface area contributed by atoms with Crippen molar-refractivity contribution in [2.75, 3.05) is 19.8 Å². The largest absolute Gasteiger partial charge is 0.394 e. The first-order valence-electron chi connectivity index (χ1n) is 6.41. The number of morpholine rings is 1. The number of carbonyl (C=O) groups is 1. The molecule has 7 nitrogen and oxygen atoms in total. The average molecular weight is 298 g/mol. The summed E-state index contributed by atoms with van der Waals surface area (Å²) in [6.45, 7) is 1.79. The summed E-state index contributed by atoms with van der Waals surface area (Å²) in [5.74, 6) is -1.46. The van der Waals surface area contributed by atoms with Gasteiger partial charge in [0.15, 0.2) is 0 Å². The molecule has 1 N–H and O–H groups in total. The van der Waals surface area contributed by atoms with E-state index in [1.807, 2.05) is 0 Å². The van der Waals surface area contributed by atoms with E-state index in [-0.39, 0.29) is 37.1 Å². The van der Waals surface area contributed by atoms with Crippen LogP contribution in [0.15, 0.2) is 18.2 Å². The van der Waals surface area contributed by atoms with Crippen molar-refractivity contribution in [2.24, 2.45) is 0 Å². The Bertz CT molecular complexity index is 565. The Morgan fingerprint density at radius 1 is 1.62 bits per heavy atom. The maximum atomic E-state index is 13.8. The van der Waals surface area contributed by atoms with Gasteiger partial charge in [0.05, 0.1) is 35.8 Å². The van der Waals surface area contributed by atoms with Crippen molar-refractivity contribution < 1.29 is 24.0 Å². The number of rotatable bonds is 3. The van der Waals surface area contributed by atoms with Gasteiger partial charge in [-0.25, -0.2) is 4.39 Å². The van der Waals surface area contributed by atoms with Gasteiger partial charge in [-0.1, -0.05) is 0 Å². The molecule has 0 saturated carbocycles. The Morgan fingerprint density at radius 3 is 2.95 bits per heavy atom. The zero-order valence-electron chi connectivity index (χ0n) is 11.4. The first-order chi connectivity index (χ1) is 9.93. The molecule has 1 heterocycles. The van der Waals surface area contributed by atoms with E-state index < -0.39 is 22.8 Å². The maximum Gasteiger partial charge on any atom is 0.270 e. The Balaban J connectivity index is 2.30. The van der Waals surface area contributed by atoms with E-state index in [1.165, 1.54) is 4.90 Å². The molecule has 2 unspecified atom stereocenters. The fourth-order valence-corrected chi connectivity index (χ4v) is 2.16. The Labute approximate surface area is 120 Å². The van der Waals surface area contributed by atoms with Crippen molar-refractivity contribution in [1.29, 1.82) is 0 Å².